The lowest BCUT2D eigenvalue weighted by Crippen LogP contribution is -2.30. The molecule has 2 N–H and O–H groups in total. The van der Waals surface area contributed by atoms with Gasteiger partial charge in [-0.05, 0) is 54.3 Å². The fourth-order valence-electron chi connectivity index (χ4n) is 1.14. The van der Waals surface area contributed by atoms with Gasteiger partial charge in [0.25, 0.3) is 5.91 Å². The second-order valence-electron chi connectivity index (χ2n) is 3.32. The number of amides is 1. The van der Waals surface area contributed by atoms with Gasteiger partial charge in [0.1, 0.15) is 0 Å². The first-order valence-electron chi connectivity index (χ1n) is 4.84. The summed E-state index contributed by atoms with van der Waals surface area (Å²) in [4.78, 5) is 11.6. The van der Waals surface area contributed by atoms with E-state index in [2.05, 4.69) is 33.2 Å². The van der Waals surface area contributed by atoms with E-state index < -0.39 is 0 Å². The molecular weight excluding hydrogens is 303 g/mol. The van der Waals surface area contributed by atoms with Crippen LogP contribution in [-0.2, 0) is 0 Å². The number of carbonyl (C=O) groups is 1. The van der Waals surface area contributed by atoms with Gasteiger partial charge in [-0.1, -0.05) is 6.07 Å². The van der Waals surface area contributed by atoms with Gasteiger partial charge >= 0.3 is 0 Å². The van der Waals surface area contributed by atoms with E-state index in [9.17, 15) is 4.79 Å². The van der Waals surface area contributed by atoms with E-state index in [1.807, 2.05) is 32.2 Å². The zero-order valence-electron chi connectivity index (χ0n) is 8.93. The van der Waals surface area contributed by atoms with Crippen molar-refractivity contribution in [3.63, 3.8) is 0 Å². The van der Waals surface area contributed by atoms with Crippen molar-refractivity contribution in [2.24, 2.45) is 0 Å². The molecule has 15 heavy (non-hydrogen) atoms. The number of aryl methyl sites for hydroxylation is 1. The molecular formula is C11H15IN2O. The normalized spacial score (nSPS) is 10.1. The highest BCUT2D eigenvalue weighted by Gasteiger charge is 2.05. The van der Waals surface area contributed by atoms with Crippen molar-refractivity contribution in [1.29, 1.82) is 0 Å². The lowest BCUT2D eigenvalue weighted by molar-refractivity contribution is 0.0954. The maximum absolute atomic E-state index is 11.6. The zero-order valence-corrected chi connectivity index (χ0v) is 11.1. The largest absolute Gasteiger partial charge is 0.351 e. The van der Waals surface area contributed by atoms with Crippen molar-refractivity contribution >= 4 is 28.5 Å². The molecule has 0 aliphatic rings. The first kappa shape index (κ1) is 12.4. The summed E-state index contributed by atoms with van der Waals surface area (Å²) in [6.07, 6.45) is 0. The fourth-order valence-corrected chi connectivity index (χ4v) is 1.65. The molecule has 0 unspecified atom stereocenters. The van der Waals surface area contributed by atoms with Crippen LogP contribution < -0.4 is 10.6 Å². The quantitative estimate of drug-likeness (QED) is 0.653. The Bertz CT molecular complexity index is 352. The molecule has 0 heterocycles. The monoisotopic (exact) mass is 318 g/mol. The second-order valence-corrected chi connectivity index (χ2v) is 4.49. The molecule has 0 spiro atoms. The third-order valence-electron chi connectivity index (χ3n) is 2.09. The van der Waals surface area contributed by atoms with Crippen LogP contribution in [0.5, 0.6) is 0 Å². The molecule has 0 atom stereocenters. The van der Waals surface area contributed by atoms with Gasteiger partial charge in [-0.3, -0.25) is 4.79 Å². The molecule has 3 nitrogen and oxygen atoms in total. The fraction of sp³-hybridized carbons (Fsp3) is 0.364. The van der Waals surface area contributed by atoms with E-state index in [4.69, 9.17) is 0 Å². The topological polar surface area (TPSA) is 41.1 Å². The molecule has 4 heteroatoms. The van der Waals surface area contributed by atoms with Gasteiger partial charge in [-0.2, -0.15) is 0 Å². The summed E-state index contributed by atoms with van der Waals surface area (Å²) in [5.41, 5.74) is 1.92. The summed E-state index contributed by atoms with van der Waals surface area (Å²) in [5, 5.41) is 5.82. The van der Waals surface area contributed by atoms with E-state index in [0.29, 0.717) is 6.54 Å². The van der Waals surface area contributed by atoms with Crippen molar-refractivity contribution in [1.82, 2.24) is 10.6 Å². The number of carbonyl (C=O) groups excluding carboxylic acids is 1. The van der Waals surface area contributed by atoms with Crippen molar-refractivity contribution in [2.45, 2.75) is 6.92 Å². The average molecular weight is 318 g/mol. The van der Waals surface area contributed by atoms with Crippen LogP contribution in [0.25, 0.3) is 0 Å². The molecule has 82 valence electrons. The highest BCUT2D eigenvalue weighted by atomic mass is 127. The predicted octanol–water partition coefficient (Wildman–Crippen LogP) is 1.55. The number of likely N-dealkylation sites (N-methyl/N-ethyl adjacent to an activating group) is 1. The SMILES string of the molecule is CNCCNC(=O)c1ccc(C)c(I)c1. The van der Waals surface area contributed by atoms with Crippen LogP contribution >= 0.6 is 22.6 Å². The van der Waals surface area contributed by atoms with Crippen molar-refractivity contribution < 1.29 is 4.79 Å². The molecule has 1 amide bonds. The number of hydrogen-bond donors (Lipinski definition) is 2. The zero-order chi connectivity index (χ0) is 11.3. The molecule has 0 saturated heterocycles. The van der Waals surface area contributed by atoms with E-state index >= 15 is 0 Å². The molecule has 0 aliphatic heterocycles. The predicted molar refractivity (Wildman–Crippen MR) is 70.2 cm³/mol. The summed E-state index contributed by atoms with van der Waals surface area (Å²) < 4.78 is 1.12. The van der Waals surface area contributed by atoms with Crippen LogP contribution in [0.1, 0.15) is 15.9 Å². The Hall–Kier alpha value is -0.620. The highest BCUT2D eigenvalue weighted by molar-refractivity contribution is 14.1. The lowest BCUT2D eigenvalue weighted by atomic mass is 10.1. The van der Waals surface area contributed by atoms with Gasteiger partial charge in [0.15, 0.2) is 0 Å². The molecule has 0 bridgehead atoms. The first-order valence-corrected chi connectivity index (χ1v) is 5.92. The number of hydrogen-bond acceptors (Lipinski definition) is 2. The van der Waals surface area contributed by atoms with Crippen LogP contribution in [0.2, 0.25) is 0 Å². The van der Waals surface area contributed by atoms with Gasteiger partial charge in [0.2, 0.25) is 0 Å². The third-order valence-corrected chi connectivity index (χ3v) is 3.26. The Balaban J connectivity index is 2.62. The minimum atomic E-state index is -0.0110. The maximum Gasteiger partial charge on any atom is 0.251 e. The third kappa shape index (κ3) is 3.79. The van der Waals surface area contributed by atoms with Gasteiger partial charge in [0, 0.05) is 22.2 Å². The Kier molecular flexibility index (Phi) is 5.04. The summed E-state index contributed by atoms with van der Waals surface area (Å²) in [7, 11) is 1.86. The Morgan fingerprint density at radius 3 is 2.73 bits per heavy atom. The molecule has 0 aliphatic carbocycles. The average Bonchev–Trinajstić information content (AvgIpc) is 2.22. The molecule has 0 radical (unpaired) electrons. The maximum atomic E-state index is 11.6. The van der Waals surface area contributed by atoms with Crippen molar-refractivity contribution in [3.8, 4) is 0 Å². The second kappa shape index (κ2) is 6.07. The van der Waals surface area contributed by atoms with Crippen LogP contribution in [0.3, 0.4) is 0 Å². The van der Waals surface area contributed by atoms with Crippen LogP contribution in [0, 0.1) is 10.5 Å². The Morgan fingerprint density at radius 1 is 1.40 bits per heavy atom. The summed E-state index contributed by atoms with van der Waals surface area (Å²) in [5.74, 6) is -0.0110. The summed E-state index contributed by atoms with van der Waals surface area (Å²) in [6.45, 7) is 3.47. The minimum Gasteiger partial charge on any atom is -0.351 e. The van der Waals surface area contributed by atoms with E-state index in [-0.39, 0.29) is 5.91 Å². The highest BCUT2D eigenvalue weighted by Crippen LogP contribution is 2.13. The smallest absolute Gasteiger partial charge is 0.251 e. The van der Waals surface area contributed by atoms with Crippen LogP contribution in [0.4, 0.5) is 0 Å². The van der Waals surface area contributed by atoms with Crippen molar-refractivity contribution in [2.75, 3.05) is 20.1 Å². The molecule has 1 aromatic rings. The van der Waals surface area contributed by atoms with Crippen LogP contribution in [-0.4, -0.2) is 26.0 Å². The minimum absolute atomic E-state index is 0.0110. The number of rotatable bonds is 4. The number of benzene rings is 1. The standard InChI is InChI=1S/C11H15IN2O/c1-8-3-4-9(7-10(8)12)11(15)14-6-5-13-2/h3-4,7,13H,5-6H2,1-2H3,(H,14,15). The van der Waals surface area contributed by atoms with Gasteiger partial charge < -0.3 is 10.6 Å². The summed E-state index contributed by atoms with van der Waals surface area (Å²) in [6, 6.07) is 5.73. The van der Waals surface area contributed by atoms with E-state index in [1.165, 1.54) is 5.56 Å². The van der Waals surface area contributed by atoms with E-state index in [1.54, 1.807) is 0 Å². The first-order chi connectivity index (χ1) is 7.15. The molecule has 1 aromatic carbocycles. The number of halogens is 1. The Labute approximate surface area is 104 Å². The molecule has 0 fully saturated rings. The number of nitrogens with one attached hydrogen (secondary N) is 2. The van der Waals surface area contributed by atoms with Crippen molar-refractivity contribution in [3.05, 3.63) is 32.9 Å². The summed E-state index contributed by atoms with van der Waals surface area (Å²) >= 11 is 2.24. The van der Waals surface area contributed by atoms with Crippen LogP contribution in [0.15, 0.2) is 18.2 Å². The van der Waals surface area contributed by atoms with Gasteiger partial charge in [-0.15, -0.1) is 0 Å². The lowest BCUT2D eigenvalue weighted by Gasteiger charge is -2.06. The molecule has 0 aromatic heterocycles. The van der Waals surface area contributed by atoms with Gasteiger partial charge in [0.05, 0.1) is 0 Å². The molecule has 0 saturated carbocycles. The van der Waals surface area contributed by atoms with E-state index in [0.717, 1.165) is 15.7 Å². The molecule has 1 rings (SSSR count). The van der Waals surface area contributed by atoms with Gasteiger partial charge in [-0.25, -0.2) is 0 Å². The Morgan fingerprint density at radius 2 is 2.13 bits per heavy atom.